The standard InChI is InChI=1S/C19H19N5OS2/c20-19-23-18(14-5-3-11-26-14)15(27-19)6-7-17(25)21-9-8-16-22-12-13-4-1-2-10-24(13)16/h1-5,10-12H,6-9H2,(H2,20,23)(H,21,25). The number of nitrogen functional groups attached to an aromatic ring is 1. The number of hydrogen-bond acceptors (Lipinski definition) is 6. The van der Waals surface area contributed by atoms with Gasteiger partial charge in [0.15, 0.2) is 5.13 Å². The molecule has 4 aromatic heterocycles. The topological polar surface area (TPSA) is 85.3 Å². The van der Waals surface area contributed by atoms with E-state index in [4.69, 9.17) is 5.73 Å². The summed E-state index contributed by atoms with van der Waals surface area (Å²) in [6.45, 7) is 0.565. The van der Waals surface area contributed by atoms with Crippen molar-refractivity contribution in [3.63, 3.8) is 0 Å². The Labute approximate surface area is 164 Å². The fourth-order valence-corrected chi connectivity index (χ4v) is 4.61. The van der Waals surface area contributed by atoms with E-state index in [0.717, 1.165) is 26.8 Å². The quantitative estimate of drug-likeness (QED) is 0.500. The second-order valence-corrected chi connectivity index (χ2v) is 8.13. The molecule has 3 N–H and O–H groups in total. The number of hydrogen-bond donors (Lipinski definition) is 2. The van der Waals surface area contributed by atoms with Gasteiger partial charge in [0.25, 0.3) is 0 Å². The lowest BCUT2D eigenvalue weighted by Crippen LogP contribution is -2.26. The minimum absolute atomic E-state index is 0.0277. The SMILES string of the molecule is Nc1nc(-c2cccs2)c(CCC(=O)NCCc2ncc3ccccn23)s1. The van der Waals surface area contributed by atoms with E-state index in [-0.39, 0.29) is 5.91 Å². The third-order valence-electron chi connectivity index (χ3n) is 4.23. The molecule has 4 aromatic rings. The van der Waals surface area contributed by atoms with E-state index in [1.165, 1.54) is 11.3 Å². The minimum Gasteiger partial charge on any atom is -0.375 e. The van der Waals surface area contributed by atoms with Gasteiger partial charge in [-0.1, -0.05) is 12.1 Å². The minimum atomic E-state index is 0.0277. The molecule has 0 aliphatic heterocycles. The first-order chi connectivity index (χ1) is 13.2. The van der Waals surface area contributed by atoms with Crippen LogP contribution in [0.15, 0.2) is 48.1 Å². The molecule has 0 atom stereocenters. The van der Waals surface area contributed by atoms with Gasteiger partial charge in [-0.25, -0.2) is 9.97 Å². The largest absolute Gasteiger partial charge is 0.375 e. The predicted octanol–water partition coefficient (Wildman–Crippen LogP) is 3.39. The molecule has 0 radical (unpaired) electrons. The second-order valence-electron chi connectivity index (χ2n) is 6.07. The molecular formula is C19H19N5OS2. The number of imidazole rings is 1. The number of anilines is 1. The molecule has 0 unspecified atom stereocenters. The number of thiazole rings is 1. The summed E-state index contributed by atoms with van der Waals surface area (Å²) in [4.78, 5) is 23.2. The average Bonchev–Trinajstić information content (AvgIpc) is 3.40. The van der Waals surface area contributed by atoms with Crippen molar-refractivity contribution in [3.8, 4) is 10.6 Å². The lowest BCUT2D eigenvalue weighted by atomic mass is 10.2. The van der Waals surface area contributed by atoms with Crippen LogP contribution in [0.4, 0.5) is 5.13 Å². The third kappa shape index (κ3) is 4.01. The van der Waals surface area contributed by atoms with E-state index >= 15 is 0 Å². The van der Waals surface area contributed by atoms with Crippen LogP contribution in [0.1, 0.15) is 17.1 Å². The molecule has 4 rings (SSSR count). The highest BCUT2D eigenvalue weighted by Crippen LogP contribution is 2.33. The van der Waals surface area contributed by atoms with Crippen LogP contribution >= 0.6 is 22.7 Å². The summed E-state index contributed by atoms with van der Waals surface area (Å²) in [6.07, 6.45) is 5.58. The van der Waals surface area contributed by atoms with E-state index in [9.17, 15) is 4.79 Å². The number of rotatable bonds is 7. The number of carbonyl (C=O) groups excluding carboxylic acids is 1. The highest BCUT2D eigenvalue weighted by molar-refractivity contribution is 7.17. The fraction of sp³-hybridized carbons (Fsp3) is 0.211. The highest BCUT2D eigenvalue weighted by Gasteiger charge is 2.14. The Kier molecular flexibility index (Phi) is 5.17. The van der Waals surface area contributed by atoms with Crippen molar-refractivity contribution in [1.82, 2.24) is 19.7 Å². The molecular weight excluding hydrogens is 378 g/mol. The Hall–Kier alpha value is -2.71. The molecule has 6 nitrogen and oxygen atoms in total. The number of amides is 1. The molecule has 0 saturated carbocycles. The van der Waals surface area contributed by atoms with Gasteiger partial charge in [0, 0.05) is 30.5 Å². The first kappa shape index (κ1) is 17.7. The van der Waals surface area contributed by atoms with Gasteiger partial charge >= 0.3 is 0 Å². The molecule has 0 spiro atoms. The van der Waals surface area contributed by atoms with Gasteiger partial charge in [0.2, 0.25) is 5.91 Å². The highest BCUT2D eigenvalue weighted by atomic mass is 32.1. The molecule has 0 bridgehead atoms. The van der Waals surface area contributed by atoms with Gasteiger partial charge < -0.3 is 15.5 Å². The number of thiophene rings is 1. The van der Waals surface area contributed by atoms with Crippen LogP contribution < -0.4 is 11.1 Å². The molecule has 0 aromatic carbocycles. The Balaban J connectivity index is 1.30. The van der Waals surface area contributed by atoms with Crippen LogP contribution in [0.3, 0.4) is 0 Å². The lowest BCUT2D eigenvalue weighted by Gasteiger charge is -2.05. The zero-order chi connectivity index (χ0) is 18.6. The van der Waals surface area contributed by atoms with Crippen molar-refractivity contribution < 1.29 is 4.79 Å². The molecule has 1 amide bonds. The van der Waals surface area contributed by atoms with Crippen molar-refractivity contribution in [2.45, 2.75) is 19.3 Å². The molecule has 0 saturated heterocycles. The molecule has 138 valence electrons. The van der Waals surface area contributed by atoms with Crippen molar-refractivity contribution in [1.29, 1.82) is 0 Å². The van der Waals surface area contributed by atoms with E-state index in [2.05, 4.69) is 15.3 Å². The summed E-state index contributed by atoms with van der Waals surface area (Å²) in [5.74, 6) is 0.973. The monoisotopic (exact) mass is 397 g/mol. The zero-order valence-corrected chi connectivity index (χ0v) is 16.2. The maximum atomic E-state index is 12.2. The summed E-state index contributed by atoms with van der Waals surface area (Å²) in [5, 5.41) is 5.54. The van der Waals surface area contributed by atoms with E-state index in [0.29, 0.717) is 30.9 Å². The van der Waals surface area contributed by atoms with Gasteiger partial charge in [-0.05, 0) is 30.0 Å². The van der Waals surface area contributed by atoms with Crippen LogP contribution in [-0.4, -0.2) is 26.8 Å². The number of fused-ring (bicyclic) bond motifs is 1. The summed E-state index contributed by atoms with van der Waals surface area (Å²) in [5.41, 5.74) is 7.84. The molecule has 0 fully saturated rings. The maximum absolute atomic E-state index is 12.2. The van der Waals surface area contributed by atoms with Gasteiger partial charge in [-0.2, -0.15) is 0 Å². The Morgan fingerprint density at radius 1 is 1.22 bits per heavy atom. The first-order valence-electron chi connectivity index (χ1n) is 8.67. The first-order valence-corrected chi connectivity index (χ1v) is 10.4. The average molecular weight is 398 g/mol. The third-order valence-corrected chi connectivity index (χ3v) is 6.05. The molecule has 0 aliphatic carbocycles. The van der Waals surface area contributed by atoms with E-state index in [1.54, 1.807) is 11.3 Å². The summed E-state index contributed by atoms with van der Waals surface area (Å²) < 4.78 is 2.04. The maximum Gasteiger partial charge on any atom is 0.220 e. The number of nitrogens with zero attached hydrogens (tertiary/aromatic N) is 3. The Bertz CT molecular complexity index is 1050. The summed E-state index contributed by atoms with van der Waals surface area (Å²) >= 11 is 3.09. The van der Waals surface area contributed by atoms with Crippen LogP contribution in [0.25, 0.3) is 16.1 Å². The van der Waals surface area contributed by atoms with Gasteiger partial charge in [-0.3, -0.25) is 4.79 Å². The molecule has 0 aliphatic rings. The van der Waals surface area contributed by atoms with Crippen molar-refractivity contribution in [2.75, 3.05) is 12.3 Å². The molecule has 8 heteroatoms. The van der Waals surface area contributed by atoms with Gasteiger partial charge in [0.05, 0.1) is 22.3 Å². The van der Waals surface area contributed by atoms with E-state index in [1.807, 2.05) is 52.5 Å². The van der Waals surface area contributed by atoms with Crippen molar-refractivity contribution in [3.05, 3.63) is 58.8 Å². The number of aromatic nitrogens is 3. The lowest BCUT2D eigenvalue weighted by molar-refractivity contribution is -0.121. The van der Waals surface area contributed by atoms with Crippen molar-refractivity contribution >= 4 is 39.2 Å². The Morgan fingerprint density at radius 2 is 2.15 bits per heavy atom. The van der Waals surface area contributed by atoms with E-state index < -0.39 is 0 Å². The number of aryl methyl sites for hydroxylation is 1. The summed E-state index contributed by atoms with van der Waals surface area (Å²) in [7, 11) is 0. The Morgan fingerprint density at radius 3 is 3.00 bits per heavy atom. The number of pyridine rings is 1. The summed E-state index contributed by atoms with van der Waals surface area (Å²) in [6, 6.07) is 9.99. The van der Waals surface area contributed by atoms with Crippen LogP contribution in [0.5, 0.6) is 0 Å². The normalized spacial score (nSPS) is 11.1. The van der Waals surface area contributed by atoms with Crippen LogP contribution in [0, 0.1) is 0 Å². The number of carbonyl (C=O) groups is 1. The number of nitrogens with one attached hydrogen (secondary N) is 1. The van der Waals surface area contributed by atoms with Crippen LogP contribution in [0.2, 0.25) is 0 Å². The predicted molar refractivity (Wildman–Crippen MR) is 110 cm³/mol. The smallest absolute Gasteiger partial charge is 0.220 e. The number of nitrogens with two attached hydrogens (primary N) is 1. The van der Waals surface area contributed by atoms with Gasteiger partial charge in [0.1, 0.15) is 5.82 Å². The molecule has 27 heavy (non-hydrogen) atoms. The zero-order valence-electron chi connectivity index (χ0n) is 14.6. The molecule has 4 heterocycles. The second kappa shape index (κ2) is 7.89. The van der Waals surface area contributed by atoms with Gasteiger partial charge in [-0.15, -0.1) is 22.7 Å². The van der Waals surface area contributed by atoms with Crippen molar-refractivity contribution in [2.24, 2.45) is 0 Å². The fourth-order valence-electron chi connectivity index (χ4n) is 2.96. The van der Waals surface area contributed by atoms with Crippen LogP contribution in [-0.2, 0) is 17.6 Å².